The van der Waals surface area contributed by atoms with Crippen molar-refractivity contribution in [3.8, 4) is 0 Å². The molecule has 0 bridgehead atoms. The molecule has 2 aliphatic heterocycles. The fraction of sp³-hybridized carbons (Fsp3) is 0.600. The molecule has 2 atom stereocenters. The predicted molar refractivity (Wildman–Crippen MR) is 110 cm³/mol. The summed E-state index contributed by atoms with van der Waals surface area (Å²) in [5.74, 6) is 0.156. The molecule has 3 rings (SSSR count). The van der Waals surface area contributed by atoms with Gasteiger partial charge in [-0.25, -0.2) is 13.2 Å². The number of hydrogen-bond acceptors (Lipinski definition) is 5. The number of carbonyl (C=O) groups is 2. The fourth-order valence-corrected chi connectivity index (χ4v) is 5.17. The number of amides is 3. The summed E-state index contributed by atoms with van der Waals surface area (Å²) >= 11 is 0. The molecular formula is C20H30N4O4S. The lowest BCUT2D eigenvalue weighted by molar-refractivity contribution is -0.133. The molecule has 0 aliphatic carbocycles. The summed E-state index contributed by atoms with van der Waals surface area (Å²) in [6.07, 6.45) is 1.00. The van der Waals surface area contributed by atoms with E-state index in [1.54, 1.807) is 19.1 Å². The SMILES string of the molecule is CC[C@@H](C)c1ccc(S(=O)(=O)N2CCN([C@@H](C)C(=O)N3CCNC3=O)CC2)cc1. The highest BCUT2D eigenvalue weighted by atomic mass is 32.2. The van der Waals surface area contributed by atoms with Gasteiger partial charge in [0, 0.05) is 39.3 Å². The van der Waals surface area contributed by atoms with Crippen LogP contribution in [0.4, 0.5) is 4.79 Å². The van der Waals surface area contributed by atoms with Gasteiger partial charge in [0.2, 0.25) is 15.9 Å². The van der Waals surface area contributed by atoms with Crippen LogP contribution in [0.25, 0.3) is 0 Å². The molecule has 160 valence electrons. The van der Waals surface area contributed by atoms with Gasteiger partial charge < -0.3 is 5.32 Å². The van der Waals surface area contributed by atoms with Gasteiger partial charge in [-0.05, 0) is 37.0 Å². The molecule has 2 aliphatic rings. The smallest absolute Gasteiger partial charge is 0.324 e. The third-order valence-corrected chi connectivity index (χ3v) is 7.91. The van der Waals surface area contributed by atoms with Gasteiger partial charge in [0.1, 0.15) is 0 Å². The quantitative estimate of drug-likeness (QED) is 0.749. The van der Waals surface area contributed by atoms with Crippen molar-refractivity contribution < 1.29 is 18.0 Å². The Morgan fingerprint density at radius 2 is 1.69 bits per heavy atom. The van der Waals surface area contributed by atoms with Crippen LogP contribution in [0.15, 0.2) is 29.2 Å². The van der Waals surface area contributed by atoms with Gasteiger partial charge in [-0.2, -0.15) is 4.31 Å². The van der Waals surface area contributed by atoms with Gasteiger partial charge in [0.05, 0.1) is 10.9 Å². The maximum Gasteiger partial charge on any atom is 0.324 e. The van der Waals surface area contributed by atoms with E-state index in [0.717, 1.165) is 12.0 Å². The molecule has 2 fully saturated rings. The number of carbonyl (C=O) groups excluding carboxylic acids is 2. The van der Waals surface area contributed by atoms with Gasteiger partial charge in [0.15, 0.2) is 0 Å². The Morgan fingerprint density at radius 3 is 2.21 bits per heavy atom. The largest absolute Gasteiger partial charge is 0.336 e. The summed E-state index contributed by atoms with van der Waals surface area (Å²) in [6.45, 7) is 8.39. The Hall–Kier alpha value is -1.97. The van der Waals surface area contributed by atoms with E-state index in [-0.39, 0.29) is 11.9 Å². The van der Waals surface area contributed by atoms with Crippen LogP contribution in [-0.2, 0) is 14.8 Å². The van der Waals surface area contributed by atoms with Crippen molar-refractivity contribution >= 4 is 22.0 Å². The van der Waals surface area contributed by atoms with Crippen molar-refractivity contribution in [3.63, 3.8) is 0 Å². The van der Waals surface area contributed by atoms with Gasteiger partial charge in [-0.15, -0.1) is 0 Å². The van der Waals surface area contributed by atoms with E-state index in [9.17, 15) is 18.0 Å². The number of piperazine rings is 1. The first kappa shape index (κ1) is 21.7. The first-order valence-electron chi connectivity index (χ1n) is 10.2. The molecule has 8 nitrogen and oxygen atoms in total. The first-order valence-corrected chi connectivity index (χ1v) is 11.6. The lowest BCUT2D eigenvalue weighted by atomic mass is 9.99. The third kappa shape index (κ3) is 4.46. The van der Waals surface area contributed by atoms with E-state index in [1.165, 1.54) is 9.21 Å². The molecule has 9 heteroatoms. The molecule has 0 spiro atoms. The zero-order chi connectivity index (χ0) is 21.2. The molecule has 2 heterocycles. The van der Waals surface area contributed by atoms with Gasteiger partial charge >= 0.3 is 6.03 Å². The van der Waals surface area contributed by atoms with Crippen LogP contribution in [0, 0.1) is 0 Å². The topological polar surface area (TPSA) is 90.0 Å². The lowest BCUT2D eigenvalue weighted by Crippen LogP contribution is -2.55. The van der Waals surface area contributed by atoms with E-state index in [2.05, 4.69) is 19.2 Å². The molecule has 3 amide bonds. The van der Waals surface area contributed by atoms with Crippen LogP contribution in [0.1, 0.15) is 38.7 Å². The second kappa shape index (κ2) is 8.81. The minimum atomic E-state index is -3.56. The van der Waals surface area contributed by atoms with Crippen molar-refractivity contribution in [3.05, 3.63) is 29.8 Å². The second-order valence-electron chi connectivity index (χ2n) is 7.72. The zero-order valence-electron chi connectivity index (χ0n) is 17.3. The van der Waals surface area contributed by atoms with Gasteiger partial charge in [-0.1, -0.05) is 26.0 Å². The number of rotatable bonds is 6. The van der Waals surface area contributed by atoms with Crippen LogP contribution < -0.4 is 5.32 Å². The van der Waals surface area contributed by atoms with E-state index in [1.807, 2.05) is 17.0 Å². The highest BCUT2D eigenvalue weighted by molar-refractivity contribution is 7.89. The average molecular weight is 423 g/mol. The summed E-state index contributed by atoms with van der Waals surface area (Å²) in [7, 11) is -3.56. The highest BCUT2D eigenvalue weighted by Crippen LogP contribution is 2.23. The minimum absolute atomic E-state index is 0.239. The summed E-state index contributed by atoms with van der Waals surface area (Å²) in [4.78, 5) is 27.7. The van der Waals surface area contributed by atoms with Gasteiger partial charge in [-0.3, -0.25) is 14.6 Å². The normalized spacial score (nSPS) is 21.1. The van der Waals surface area contributed by atoms with Crippen molar-refractivity contribution in [1.29, 1.82) is 0 Å². The second-order valence-corrected chi connectivity index (χ2v) is 9.65. The Labute approximate surface area is 172 Å². The third-order valence-electron chi connectivity index (χ3n) is 6.00. The Kier molecular flexibility index (Phi) is 6.60. The maximum absolute atomic E-state index is 13.0. The van der Waals surface area contributed by atoms with Crippen LogP contribution in [0.3, 0.4) is 0 Å². The number of hydrogen-bond donors (Lipinski definition) is 1. The molecule has 29 heavy (non-hydrogen) atoms. The molecule has 1 N–H and O–H groups in total. The van der Waals surface area contributed by atoms with E-state index in [0.29, 0.717) is 50.1 Å². The average Bonchev–Trinajstić information content (AvgIpc) is 3.18. The number of nitrogens with zero attached hydrogens (tertiary/aromatic N) is 3. The summed E-state index contributed by atoms with van der Waals surface area (Å²) < 4.78 is 27.4. The van der Waals surface area contributed by atoms with E-state index < -0.39 is 16.1 Å². The Morgan fingerprint density at radius 1 is 1.07 bits per heavy atom. The number of benzene rings is 1. The molecule has 0 saturated carbocycles. The monoisotopic (exact) mass is 422 g/mol. The zero-order valence-corrected chi connectivity index (χ0v) is 18.1. The molecule has 1 aromatic carbocycles. The standard InChI is InChI=1S/C20H30N4O4S/c1-4-15(2)17-5-7-18(8-6-17)29(27,28)23-13-11-22(12-14-23)16(3)19(25)24-10-9-21-20(24)26/h5-8,15-16H,4,9-14H2,1-3H3,(H,21,26)/t15-,16+/m1/s1. The van der Waals surface area contributed by atoms with E-state index >= 15 is 0 Å². The van der Waals surface area contributed by atoms with Crippen molar-refractivity contribution in [2.24, 2.45) is 0 Å². The van der Waals surface area contributed by atoms with Crippen LogP contribution in [0.5, 0.6) is 0 Å². The molecule has 1 aromatic rings. The molecule has 2 saturated heterocycles. The molecule has 0 radical (unpaired) electrons. The molecule has 0 aromatic heterocycles. The van der Waals surface area contributed by atoms with Crippen molar-refractivity contribution in [2.75, 3.05) is 39.3 Å². The Bertz CT molecular complexity index is 848. The molecular weight excluding hydrogens is 392 g/mol. The number of urea groups is 1. The van der Waals surface area contributed by atoms with Crippen LogP contribution in [-0.4, -0.2) is 79.8 Å². The first-order chi connectivity index (χ1) is 13.8. The maximum atomic E-state index is 13.0. The summed E-state index contributed by atoms with van der Waals surface area (Å²) in [5, 5.41) is 2.63. The van der Waals surface area contributed by atoms with Crippen molar-refractivity contribution in [1.82, 2.24) is 19.4 Å². The van der Waals surface area contributed by atoms with Crippen LogP contribution >= 0.6 is 0 Å². The van der Waals surface area contributed by atoms with Crippen LogP contribution in [0.2, 0.25) is 0 Å². The lowest BCUT2D eigenvalue weighted by Gasteiger charge is -2.37. The highest BCUT2D eigenvalue weighted by Gasteiger charge is 2.35. The fourth-order valence-electron chi connectivity index (χ4n) is 3.75. The summed E-state index contributed by atoms with van der Waals surface area (Å²) in [6, 6.07) is 6.32. The number of imide groups is 1. The number of nitrogens with one attached hydrogen (secondary N) is 1. The predicted octanol–water partition coefficient (Wildman–Crippen LogP) is 1.45. The van der Waals surface area contributed by atoms with Crippen molar-refractivity contribution in [2.45, 2.75) is 44.0 Å². The minimum Gasteiger partial charge on any atom is -0.336 e. The van der Waals surface area contributed by atoms with E-state index in [4.69, 9.17) is 0 Å². The van der Waals surface area contributed by atoms with Gasteiger partial charge in [0.25, 0.3) is 0 Å². The molecule has 0 unspecified atom stereocenters. The summed E-state index contributed by atoms with van der Waals surface area (Å²) in [5.41, 5.74) is 1.13. The number of sulfonamides is 1. The Balaban J connectivity index is 1.62.